The average molecular weight is 593 g/mol. The molecule has 1 spiro atoms. The highest BCUT2D eigenvalue weighted by Crippen LogP contribution is 2.58. The number of ether oxygens (including phenoxy) is 3. The maximum absolute atomic E-state index is 15.4. The molecule has 1 aliphatic heterocycles. The SMILES string of the molecule is COc1ccc(/C=C2/C(=O)[C@]3(c4ccccc42)[C@H](c2ccc(OC)cc2)C(c2ccc(OC)cc2)=NN3c2ccccc2)cc1. The van der Waals surface area contributed by atoms with Crippen molar-refractivity contribution < 1.29 is 19.0 Å². The predicted octanol–water partition coefficient (Wildman–Crippen LogP) is 7.74. The van der Waals surface area contributed by atoms with Crippen LogP contribution in [0.1, 0.15) is 33.7 Å². The fraction of sp³-hybridized carbons (Fsp3) is 0.128. The monoisotopic (exact) mass is 592 g/mol. The molecule has 0 saturated heterocycles. The summed E-state index contributed by atoms with van der Waals surface area (Å²) < 4.78 is 16.4. The number of hydrazone groups is 1. The largest absolute Gasteiger partial charge is 0.497 e. The van der Waals surface area contributed by atoms with E-state index in [0.29, 0.717) is 5.57 Å². The summed E-state index contributed by atoms with van der Waals surface area (Å²) in [5.41, 5.74) is 5.64. The molecule has 0 amide bonds. The van der Waals surface area contributed by atoms with E-state index in [1.807, 2.05) is 132 Å². The van der Waals surface area contributed by atoms with E-state index in [2.05, 4.69) is 6.07 Å². The van der Waals surface area contributed by atoms with Gasteiger partial charge in [-0.25, -0.2) is 5.01 Å². The smallest absolute Gasteiger partial charge is 0.196 e. The number of methoxy groups -OCH3 is 3. The zero-order valence-electron chi connectivity index (χ0n) is 25.3. The molecule has 0 saturated carbocycles. The molecule has 2 aliphatic rings. The van der Waals surface area contributed by atoms with Crippen LogP contribution in [0.2, 0.25) is 0 Å². The van der Waals surface area contributed by atoms with Gasteiger partial charge in [0.15, 0.2) is 11.3 Å². The Kier molecular flexibility index (Phi) is 7.18. The Morgan fingerprint density at radius 3 is 1.84 bits per heavy atom. The number of para-hydroxylation sites is 1. The third-order valence-electron chi connectivity index (χ3n) is 8.71. The lowest BCUT2D eigenvalue weighted by molar-refractivity contribution is -0.118. The highest BCUT2D eigenvalue weighted by Gasteiger charge is 2.63. The molecular weight excluding hydrogens is 560 g/mol. The van der Waals surface area contributed by atoms with Gasteiger partial charge in [-0.2, -0.15) is 5.10 Å². The molecule has 5 aromatic rings. The second-order valence-corrected chi connectivity index (χ2v) is 11.0. The zero-order valence-corrected chi connectivity index (χ0v) is 25.3. The summed E-state index contributed by atoms with van der Waals surface area (Å²) in [5, 5.41) is 7.29. The van der Waals surface area contributed by atoms with Crippen LogP contribution in [0, 0.1) is 0 Å². The number of Topliss-reactive ketones (excluding diaryl/α,β-unsaturated/α-hetero) is 1. The topological polar surface area (TPSA) is 60.4 Å². The average Bonchev–Trinajstić information content (AvgIpc) is 3.58. The Morgan fingerprint density at radius 2 is 1.22 bits per heavy atom. The maximum atomic E-state index is 15.4. The van der Waals surface area contributed by atoms with Crippen LogP contribution in [-0.4, -0.2) is 32.8 Å². The Balaban J connectivity index is 1.51. The summed E-state index contributed by atoms with van der Waals surface area (Å²) in [6.07, 6.45) is 1.98. The van der Waals surface area contributed by atoms with E-state index in [1.54, 1.807) is 21.3 Å². The lowest BCUT2D eigenvalue weighted by Crippen LogP contribution is -2.49. The summed E-state index contributed by atoms with van der Waals surface area (Å²) in [6.45, 7) is 0. The summed E-state index contributed by atoms with van der Waals surface area (Å²) in [5.74, 6) is 1.78. The molecule has 0 N–H and O–H groups in total. The second kappa shape index (κ2) is 11.5. The minimum Gasteiger partial charge on any atom is -0.497 e. The molecule has 0 radical (unpaired) electrons. The summed E-state index contributed by atoms with van der Waals surface area (Å²) in [7, 11) is 4.95. The number of hydrogen-bond acceptors (Lipinski definition) is 6. The van der Waals surface area contributed by atoms with Crippen molar-refractivity contribution in [1.82, 2.24) is 0 Å². The van der Waals surface area contributed by atoms with Crippen molar-refractivity contribution in [3.05, 3.63) is 155 Å². The van der Waals surface area contributed by atoms with Gasteiger partial charge in [-0.15, -0.1) is 0 Å². The normalized spacial score (nSPS) is 19.5. The molecule has 0 bridgehead atoms. The van der Waals surface area contributed by atoms with Gasteiger partial charge in [-0.3, -0.25) is 4.79 Å². The number of rotatable bonds is 7. The minimum absolute atomic E-state index is 0.0172. The van der Waals surface area contributed by atoms with E-state index in [-0.39, 0.29) is 5.78 Å². The van der Waals surface area contributed by atoms with Crippen LogP contribution in [0.15, 0.2) is 132 Å². The van der Waals surface area contributed by atoms with Crippen LogP contribution >= 0.6 is 0 Å². The number of nitrogens with zero attached hydrogens (tertiary/aromatic N) is 2. The Labute approximate surface area is 262 Å². The predicted molar refractivity (Wildman–Crippen MR) is 178 cm³/mol. The van der Waals surface area contributed by atoms with Crippen molar-refractivity contribution in [3.8, 4) is 17.2 Å². The number of carbonyl (C=O) groups excluding carboxylic acids is 1. The third-order valence-corrected chi connectivity index (χ3v) is 8.71. The highest BCUT2D eigenvalue weighted by molar-refractivity contribution is 6.36. The van der Waals surface area contributed by atoms with Crippen LogP contribution in [0.3, 0.4) is 0 Å². The van der Waals surface area contributed by atoms with Crippen LogP contribution in [-0.2, 0) is 10.3 Å². The van der Waals surface area contributed by atoms with Crippen molar-refractivity contribution in [2.75, 3.05) is 26.3 Å². The third kappa shape index (κ3) is 4.57. The molecule has 0 aromatic heterocycles. The quantitative estimate of drug-likeness (QED) is 0.181. The number of anilines is 1. The lowest BCUT2D eigenvalue weighted by atomic mass is 9.71. The molecule has 0 unspecified atom stereocenters. The van der Waals surface area contributed by atoms with Gasteiger partial charge in [-0.05, 0) is 94.6 Å². The Bertz CT molecular complexity index is 1910. The zero-order chi connectivity index (χ0) is 31.0. The molecule has 45 heavy (non-hydrogen) atoms. The molecule has 6 heteroatoms. The van der Waals surface area contributed by atoms with Gasteiger partial charge in [0, 0.05) is 5.57 Å². The minimum atomic E-state index is -1.19. The van der Waals surface area contributed by atoms with Crippen molar-refractivity contribution in [1.29, 1.82) is 0 Å². The Hall–Kier alpha value is -5.62. The van der Waals surface area contributed by atoms with E-state index >= 15 is 4.79 Å². The fourth-order valence-electron chi connectivity index (χ4n) is 6.58. The van der Waals surface area contributed by atoms with Gasteiger partial charge in [0.2, 0.25) is 0 Å². The van der Waals surface area contributed by atoms with Gasteiger partial charge in [-0.1, -0.05) is 66.7 Å². The Morgan fingerprint density at radius 1 is 0.667 bits per heavy atom. The van der Waals surface area contributed by atoms with Gasteiger partial charge in [0.1, 0.15) is 17.2 Å². The first-order valence-corrected chi connectivity index (χ1v) is 14.8. The van der Waals surface area contributed by atoms with Crippen LogP contribution in [0.4, 0.5) is 5.69 Å². The molecular formula is C39H32N2O4. The highest BCUT2D eigenvalue weighted by atomic mass is 16.5. The van der Waals surface area contributed by atoms with Gasteiger partial charge in [0.05, 0.1) is 38.6 Å². The molecule has 6 nitrogen and oxygen atoms in total. The molecule has 1 aliphatic carbocycles. The molecule has 0 fully saturated rings. The van der Waals surface area contributed by atoms with Crippen molar-refractivity contribution in [2.24, 2.45) is 5.10 Å². The van der Waals surface area contributed by atoms with E-state index < -0.39 is 11.5 Å². The summed E-state index contributed by atoms with van der Waals surface area (Å²) in [6, 6.07) is 41.7. The number of carbonyl (C=O) groups is 1. The molecule has 2 atom stereocenters. The molecule has 222 valence electrons. The number of ketones is 1. The first kappa shape index (κ1) is 28.2. The summed E-state index contributed by atoms with van der Waals surface area (Å²) in [4.78, 5) is 15.4. The van der Waals surface area contributed by atoms with Crippen LogP contribution < -0.4 is 19.2 Å². The number of hydrogen-bond donors (Lipinski definition) is 0. The van der Waals surface area contributed by atoms with Gasteiger partial charge in [0.25, 0.3) is 0 Å². The van der Waals surface area contributed by atoms with Crippen molar-refractivity contribution >= 4 is 28.8 Å². The number of fused-ring (bicyclic) bond motifs is 2. The van der Waals surface area contributed by atoms with Crippen molar-refractivity contribution in [3.63, 3.8) is 0 Å². The van der Waals surface area contributed by atoms with Gasteiger partial charge >= 0.3 is 0 Å². The van der Waals surface area contributed by atoms with Crippen LogP contribution in [0.25, 0.3) is 11.6 Å². The molecule has 5 aromatic carbocycles. The maximum Gasteiger partial charge on any atom is 0.196 e. The van der Waals surface area contributed by atoms with Gasteiger partial charge < -0.3 is 14.2 Å². The summed E-state index contributed by atoms with van der Waals surface area (Å²) >= 11 is 0. The number of benzene rings is 5. The van der Waals surface area contributed by atoms with Crippen molar-refractivity contribution in [2.45, 2.75) is 11.5 Å². The van der Waals surface area contributed by atoms with E-state index in [0.717, 1.165) is 56.5 Å². The molecule has 1 heterocycles. The second-order valence-electron chi connectivity index (χ2n) is 11.0. The van der Waals surface area contributed by atoms with Crippen LogP contribution in [0.5, 0.6) is 17.2 Å². The lowest BCUT2D eigenvalue weighted by Gasteiger charge is -2.38. The molecule has 7 rings (SSSR count). The van der Waals surface area contributed by atoms with E-state index in [4.69, 9.17) is 19.3 Å². The standard InChI is InChI=1S/C39H32N2O4/c1-43-30-19-13-26(14-20-30)25-34-33-11-7-8-12-35(33)39(38(34)42)36(27-15-21-31(44-2)22-16-27)37(28-17-23-32(45-3)24-18-28)40-41(39)29-9-5-4-6-10-29/h4-25,36H,1-3H3/b34-25+/t36-,39+/m1/s1. The first-order valence-electron chi connectivity index (χ1n) is 14.8. The fourth-order valence-corrected chi connectivity index (χ4v) is 6.58. The van der Waals surface area contributed by atoms with E-state index in [9.17, 15) is 0 Å². The van der Waals surface area contributed by atoms with E-state index in [1.165, 1.54) is 0 Å². The first-order chi connectivity index (χ1) is 22.1.